The molecular formula is C15H16N8O. The summed E-state index contributed by atoms with van der Waals surface area (Å²) in [6.45, 7) is 3.70. The minimum absolute atomic E-state index is 0.00396. The van der Waals surface area contributed by atoms with Gasteiger partial charge in [-0.15, -0.1) is 10.2 Å². The van der Waals surface area contributed by atoms with Crippen LogP contribution in [0.5, 0.6) is 0 Å². The van der Waals surface area contributed by atoms with E-state index in [1.165, 1.54) is 12.7 Å². The van der Waals surface area contributed by atoms with Crippen molar-refractivity contribution in [2.75, 3.05) is 11.1 Å². The Balaban J connectivity index is 1.90. The lowest BCUT2D eigenvalue weighted by molar-refractivity contribution is 0.0983. The van der Waals surface area contributed by atoms with Gasteiger partial charge in [-0.2, -0.15) is 0 Å². The van der Waals surface area contributed by atoms with Crippen LogP contribution in [0.2, 0.25) is 0 Å². The molecule has 3 heterocycles. The standard InChI is InChI=1S/C15H16N8O/c1-3-12(24)10-4-9(2)11(6-17-10)21-15-22-20-8-23(15)14-5-13(16)18-7-19-14/h4-8H,3H2,1-2H3,(H,21,22)(H2,16,18,19). The first-order valence-corrected chi connectivity index (χ1v) is 7.33. The maximum atomic E-state index is 11.7. The van der Waals surface area contributed by atoms with Crippen molar-refractivity contribution < 1.29 is 4.79 Å². The topological polar surface area (TPSA) is 124 Å². The highest BCUT2D eigenvalue weighted by molar-refractivity contribution is 5.94. The monoisotopic (exact) mass is 324 g/mol. The summed E-state index contributed by atoms with van der Waals surface area (Å²) in [4.78, 5) is 23.9. The van der Waals surface area contributed by atoms with Crippen LogP contribution in [0.3, 0.4) is 0 Å². The molecule has 9 nitrogen and oxygen atoms in total. The molecule has 0 spiro atoms. The van der Waals surface area contributed by atoms with Crippen LogP contribution >= 0.6 is 0 Å². The fraction of sp³-hybridized carbons (Fsp3) is 0.200. The Bertz CT molecular complexity index is 889. The molecule has 3 N–H and O–H groups in total. The van der Waals surface area contributed by atoms with Crippen LogP contribution in [0, 0.1) is 6.92 Å². The molecule has 0 aliphatic heterocycles. The summed E-state index contributed by atoms with van der Waals surface area (Å²) < 4.78 is 1.64. The summed E-state index contributed by atoms with van der Waals surface area (Å²) >= 11 is 0. The predicted octanol–water partition coefficient (Wildman–Crippen LogP) is 1.68. The van der Waals surface area contributed by atoms with Crippen LogP contribution in [0.15, 0.2) is 31.0 Å². The lowest BCUT2D eigenvalue weighted by Gasteiger charge is -2.10. The molecule has 0 saturated carbocycles. The highest BCUT2D eigenvalue weighted by Gasteiger charge is 2.12. The van der Waals surface area contributed by atoms with Gasteiger partial charge in [0.05, 0.1) is 11.9 Å². The lowest BCUT2D eigenvalue weighted by atomic mass is 10.1. The van der Waals surface area contributed by atoms with Crippen LogP contribution in [0.25, 0.3) is 5.82 Å². The molecule has 122 valence electrons. The van der Waals surface area contributed by atoms with Crippen LogP contribution in [0.4, 0.5) is 17.5 Å². The van der Waals surface area contributed by atoms with Gasteiger partial charge in [-0.05, 0) is 18.6 Å². The molecule has 9 heteroatoms. The van der Waals surface area contributed by atoms with E-state index in [1.54, 1.807) is 29.8 Å². The van der Waals surface area contributed by atoms with Crippen LogP contribution < -0.4 is 11.1 Å². The number of nitrogen functional groups attached to an aromatic ring is 1. The second kappa shape index (κ2) is 6.41. The number of rotatable bonds is 5. The molecule has 0 amide bonds. The van der Waals surface area contributed by atoms with E-state index in [-0.39, 0.29) is 5.78 Å². The summed E-state index contributed by atoms with van der Waals surface area (Å²) in [5, 5.41) is 11.1. The minimum atomic E-state index is 0.00396. The van der Waals surface area contributed by atoms with E-state index < -0.39 is 0 Å². The molecule has 0 bridgehead atoms. The lowest BCUT2D eigenvalue weighted by Crippen LogP contribution is -2.07. The van der Waals surface area contributed by atoms with Gasteiger partial charge in [-0.3, -0.25) is 14.3 Å². The van der Waals surface area contributed by atoms with Crippen molar-refractivity contribution in [1.29, 1.82) is 0 Å². The van der Waals surface area contributed by atoms with Crippen molar-refractivity contribution in [3.8, 4) is 5.82 Å². The zero-order valence-electron chi connectivity index (χ0n) is 13.3. The molecule has 3 aromatic rings. The molecule has 0 saturated heterocycles. The van der Waals surface area contributed by atoms with E-state index in [9.17, 15) is 4.79 Å². The third-order valence-electron chi connectivity index (χ3n) is 3.43. The first-order valence-electron chi connectivity index (χ1n) is 7.33. The minimum Gasteiger partial charge on any atom is -0.384 e. The van der Waals surface area contributed by atoms with Gasteiger partial charge in [-0.1, -0.05) is 6.92 Å². The Labute approximate surface area is 138 Å². The molecule has 0 radical (unpaired) electrons. The van der Waals surface area contributed by atoms with Crippen molar-refractivity contribution in [3.05, 3.63) is 42.2 Å². The molecule has 0 aliphatic carbocycles. The molecule has 24 heavy (non-hydrogen) atoms. The van der Waals surface area contributed by atoms with Gasteiger partial charge >= 0.3 is 0 Å². The zero-order valence-corrected chi connectivity index (χ0v) is 13.3. The molecule has 0 aromatic carbocycles. The number of carbonyl (C=O) groups is 1. The number of Topliss-reactive ketones (excluding diaryl/α,β-unsaturated/α-hetero) is 1. The number of ketones is 1. The first kappa shape index (κ1) is 15.5. The van der Waals surface area contributed by atoms with Crippen molar-refractivity contribution >= 4 is 23.2 Å². The van der Waals surface area contributed by atoms with Crippen molar-refractivity contribution in [2.45, 2.75) is 20.3 Å². The largest absolute Gasteiger partial charge is 0.384 e. The third kappa shape index (κ3) is 3.05. The van der Waals surface area contributed by atoms with Gasteiger partial charge in [0.15, 0.2) is 5.78 Å². The maximum Gasteiger partial charge on any atom is 0.234 e. The second-order valence-corrected chi connectivity index (χ2v) is 5.11. The third-order valence-corrected chi connectivity index (χ3v) is 3.43. The molecule has 0 aliphatic rings. The Morgan fingerprint density at radius 2 is 2.12 bits per heavy atom. The Morgan fingerprint density at radius 3 is 2.83 bits per heavy atom. The maximum absolute atomic E-state index is 11.7. The number of anilines is 3. The first-order chi connectivity index (χ1) is 11.6. The Kier molecular flexibility index (Phi) is 4.15. The van der Waals surface area contributed by atoms with Gasteiger partial charge in [0.2, 0.25) is 5.95 Å². The van der Waals surface area contributed by atoms with E-state index in [0.29, 0.717) is 29.7 Å². The molecule has 0 fully saturated rings. The molecule has 3 aromatic heterocycles. The summed E-state index contributed by atoms with van der Waals surface area (Å²) in [7, 11) is 0. The summed E-state index contributed by atoms with van der Waals surface area (Å²) in [6, 6.07) is 3.36. The number of nitrogens with one attached hydrogen (secondary N) is 1. The fourth-order valence-electron chi connectivity index (χ4n) is 2.12. The zero-order chi connectivity index (χ0) is 17.1. The fourth-order valence-corrected chi connectivity index (χ4v) is 2.12. The molecule has 0 atom stereocenters. The highest BCUT2D eigenvalue weighted by atomic mass is 16.1. The van der Waals surface area contributed by atoms with Crippen molar-refractivity contribution in [3.63, 3.8) is 0 Å². The van der Waals surface area contributed by atoms with Gasteiger partial charge in [0.25, 0.3) is 0 Å². The van der Waals surface area contributed by atoms with E-state index >= 15 is 0 Å². The SMILES string of the molecule is CCC(=O)c1cc(C)c(Nc2nncn2-c2cc(N)ncn2)cn1. The normalized spacial score (nSPS) is 10.6. The van der Waals surface area contributed by atoms with Gasteiger partial charge < -0.3 is 11.1 Å². The smallest absolute Gasteiger partial charge is 0.234 e. The average Bonchev–Trinajstić information content (AvgIpc) is 3.04. The molecule has 0 unspecified atom stereocenters. The highest BCUT2D eigenvalue weighted by Crippen LogP contribution is 2.21. The van der Waals surface area contributed by atoms with Crippen LogP contribution in [-0.4, -0.2) is 35.5 Å². The van der Waals surface area contributed by atoms with Crippen molar-refractivity contribution in [1.82, 2.24) is 29.7 Å². The number of pyridine rings is 1. The number of nitrogens with two attached hydrogens (primary N) is 1. The van der Waals surface area contributed by atoms with E-state index in [1.807, 2.05) is 6.92 Å². The van der Waals surface area contributed by atoms with Crippen LogP contribution in [0.1, 0.15) is 29.4 Å². The van der Waals surface area contributed by atoms with Crippen molar-refractivity contribution in [2.24, 2.45) is 0 Å². The van der Waals surface area contributed by atoms with Gasteiger partial charge in [0, 0.05) is 12.5 Å². The number of aryl methyl sites for hydroxylation is 1. The number of aromatic nitrogens is 6. The summed E-state index contributed by atoms with van der Waals surface area (Å²) in [6.07, 6.45) is 4.91. The Hall–Kier alpha value is -3.36. The predicted molar refractivity (Wildman–Crippen MR) is 88.2 cm³/mol. The van der Waals surface area contributed by atoms with E-state index in [0.717, 1.165) is 11.3 Å². The number of nitrogens with zero attached hydrogens (tertiary/aromatic N) is 6. The molecule has 3 rings (SSSR count). The average molecular weight is 324 g/mol. The number of hydrogen-bond donors (Lipinski definition) is 2. The van der Waals surface area contributed by atoms with Gasteiger partial charge in [-0.25, -0.2) is 9.97 Å². The Morgan fingerprint density at radius 1 is 1.29 bits per heavy atom. The number of hydrogen-bond acceptors (Lipinski definition) is 8. The van der Waals surface area contributed by atoms with Crippen LogP contribution in [-0.2, 0) is 0 Å². The van der Waals surface area contributed by atoms with E-state index in [2.05, 4.69) is 30.5 Å². The van der Waals surface area contributed by atoms with Gasteiger partial charge in [0.1, 0.15) is 30.0 Å². The summed E-state index contributed by atoms with van der Waals surface area (Å²) in [5.74, 6) is 1.34. The van der Waals surface area contributed by atoms with E-state index in [4.69, 9.17) is 5.73 Å². The molecular weight excluding hydrogens is 308 g/mol. The second-order valence-electron chi connectivity index (χ2n) is 5.11. The quantitative estimate of drug-likeness (QED) is 0.679. The summed E-state index contributed by atoms with van der Waals surface area (Å²) in [5.41, 5.74) is 7.73. The number of carbonyl (C=O) groups excluding carboxylic acids is 1.